The number of hydrogen-bond donors (Lipinski definition) is 0. The van der Waals surface area contributed by atoms with E-state index in [4.69, 9.17) is 32.1 Å². The van der Waals surface area contributed by atoms with Crippen LogP contribution in [0.1, 0.15) is 25.0 Å². The van der Waals surface area contributed by atoms with Gasteiger partial charge in [0.2, 0.25) is 4.33 Å². The van der Waals surface area contributed by atoms with Crippen molar-refractivity contribution in [3.05, 3.63) is 59.7 Å². The van der Waals surface area contributed by atoms with E-state index < -0.39 is 49.4 Å². The van der Waals surface area contributed by atoms with Crippen molar-refractivity contribution in [1.29, 1.82) is 0 Å². The third-order valence-electron chi connectivity index (χ3n) is 6.84. The second-order valence-corrected chi connectivity index (χ2v) is 12.2. The molecule has 192 valence electrons. The molecule has 0 radical (unpaired) electrons. The predicted octanol–water partition coefficient (Wildman–Crippen LogP) is 5.81. The maximum absolute atomic E-state index is 13.9. The Morgan fingerprint density at radius 2 is 1.63 bits per heavy atom. The molecule has 1 fully saturated rings. The largest absolute Gasteiger partial charge is 0.468 e. The number of ether oxygens (including phenoxy) is 1. The average molecular weight is 553 g/mol. The van der Waals surface area contributed by atoms with Crippen LogP contribution in [0.15, 0.2) is 48.5 Å². The minimum absolute atomic E-state index is 0.370. The number of rotatable bonds is 7. The molecular weight excluding hydrogens is 528 g/mol. The third kappa shape index (κ3) is 4.45. The lowest BCUT2D eigenvalue weighted by Crippen LogP contribution is -2.50. The van der Waals surface area contributed by atoms with Crippen LogP contribution in [-0.2, 0) is 29.2 Å². The molecule has 2 aromatic carbocycles. The van der Waals surface area contributed by atoms with Gasteiger partial charge in [-0.05, 0) is 34.6 Å². The number of hydrogen-bond acceptors (Lipinski definition) is 5. The van der Waals surface area contributed by atoms with Gasteiger partial charge in [0.1, 0.15) is 11.5 Å². The van der Waals surface area contributed by atoms with Crippen molar-refractivity contribution in [2.45, 2.75) is 42.8 Å². The Kier molecular flexibility index (Phi) is 7.09. The maximum atomic E-state index is 13.9. The van der Waals surface area contributed by atoms with Crippen LogP contribution in [0.2, 0.25) is 0 Å². The molecule has 0 aliphatic heterocycles. The van der Waals surface area contributed by atoms with Gasteiger partial charge in [-0.15, -0.1) is 0 Å². The fourth-order valence-corrected chi connectivity index (χ4v) is 6.33. The van der Waals surface area contributed by atoms with Crippen LogP contribution >= 0.6 is 23.2 Å². The van der Waals surface area contributed by atoms with Gasteiger partial charge >= 0.3 is 12.1 Å². The first kappa shape index (κ1) is 27.8. The minimum Gasteiger partial charge on any atom is -0.468 e. The first-order chi connectivity index (χ1) is 15.9. The van der Waals surface area contributed by atoms with E-state index >= 15 is 0 Å². The molecule has 1 aliphatic rings. The Labute approximate surface area is 212 Å². The highest BCUT2D eigenvalue weighted by atomic mass is 35.5. The van der Waals surface area contributed by atoms with Gasteiger partial charge in [-0.1, -0.05) is 85.6 Å². The fraction of sp³-hybridized carbons (Fsp3) is 0.458. The summed E-state index contributed by atoms with van der Waals surface area (Å²) < 4.78 is 72.2. The van der Waals surface area contributed by atoms with Crippen LogP contribution in [-0.4, -0.2) is 44.4 Å². The van der Waals surface area contributed by atoms with E-state index in [1.54, 1.807) is 19.1 Å². The molecule has 3 rings (SSSR count). The highest BCUT2D eigenvalue weighted by Gasteiger charge is 2.83. The van der Waals surface area contributed by atoms with Crippen molar-refractivity contribution in [1.82, 2.24) is 0 Å². The molecular formula is C24H25Cl2F3O5S. The Hall–Kier alpha value is -1.81. The summed E-state index contributed by atoms with van der Waals surface area (Å²) in [6.45, 7) is 4.79. The summed E-state index contributed by atoms with van der Waals surface area (Å²) >= 11 is 11.6. The fourth-order valence-electron chi connectivity index (χ4n) is 5.25. The molecule has 1 saturated carbocycles. The molecule has 11 heteroatoms. The Bertz CT molecular complexity index is 1230. The number of carbonyl (C=O) groups is 1. The summed E-state index contributed by atoms with van der Waals surface area (Å²) in [7, 11) is -3.36. The summed E-state index contributed by atoms with van der Waals surface area (Å²) in [5.41, 5.74) is -0.465. The lowest BCUT2D eigenvalue weighted by Gasteiger charge is -2.32. The molecule has 0 saturated heterocycles. The Morgan fingerprint density at radius 1 is 1.06 bits per heavy atom. The highest BCUT2D eigenvalue weighted by Crippen LogP contribution is 2.74. The van der Waals surface area contributed by atoms with E-state index in [-0.39, 0.29) is 0 Å². The molecule has 2 aromatic rings. The van der Waals surface area contributed by atoms with E-state index in [1.807, 2.05) is 36.4 Å². The molecule has 0 aromatic heterocycles. The number of carbonyl (C=O) groups excluding carboxylic acids is 1. The van der Waals surface area contributed by atoms with E-state index in [1.165, 1.54) is 13.8 Å². The van der Waals surface area contributed by atoms with E-state index in [0.717, 1.165) is 18.2 Å². The molecule has 3 unspecified atom stereocenters. The zero-order valence-electron chi connectivity index (χ0n) is 19.6. The molecule has 0 spiro atoms. The second kappa shape index (κ2) is 8.94. The first-order valence-electron chi connectivity index (χ1n) is 10.5. The van der Waals surface area contributed by atoms with Crippen molar-refractivity contribution in [3.63, 3.8) is 0 Å². The van der Waals surface area contributed by atoms with Crippen molar-refractivity contribution in [2.24, 2.45) is 11.3 Å². The Morgan fingerprint density at radius 3 is 2.11 bits per heavy atom. The summed E-state index contributed by atoms with van der Waals surface area (Å²) in [6, 6.07) is 14.3. The topological polar surface area (TPSA) is 69.7 Å². The van der Waals surface area contributed by atoms with Gasteiger partial charge in [0.25, 0.3) is 10.1 Å². The lowest BCUT2D eigenvalue weighted by molar-refractivity contribution is -0.163. The van der Waals surface area contributed by atoms with Crippen LogP contribution in [0.4, 0.5) is 13.2 Å². The van der Waals surface area contributed by atoms with Crippen LogP contribution in [0.3, 0.4) is 0 Å². The minimum atomic E-state index is -5.27. The highest BCUT2D eigenvalue weighted by molar-refractivity contribution is 7.86. The van der Waals surface area contributed by atoms with Gasteiger partial charge in [0.05, 0.1) is 13.4 Å². The standard InChI is InChI=1S/C24H25Cl2F3O5S/c1-14-16(15-10-7-6-8-11-15)12-9-13-17(14)22(20(30)33-4)18(21(22,2)3)19(34-35(5,31)32)23(25,26)24(27,28)29/h6-13,18-19H,1-5H3. The average Bonchev–Trinajstić information content (AvgIpc) is 3.26. The zero-order chi connectivity index (χ0) is 26.6. The molecule has 35 heavy (non-hydrogen) atoms. The SMILES string of the molecule is COC(=O)C1(c2cccc(-c3ccccc3)c2C)C(C(OS(C)(=O)=O)C(Cl)(Cl)C(F)(F)F)C1(C)C. The molecule has 0 bridgehead atoms. The quantitative estimate of drug-likeness (QED) is 0.246. The molecule has 5 nitrogen and oxygen atoms in total. The van der Waals surface area contributed by atoms with Gasteiger partial charge in [0, 0.05) is 5.92 Å². The number of benzene rings is 2. The van der Waals surface area contributed by atoms with E-state index in [2.05, 4.69) is 0 Å². The monoisotopic (exact) mass is 552 g/mol. The summed E-state index contributed by atoms with van der Waals surface area (Å²) in [5, 5.41) is 0. The predicted molar refractivity (Wildman–Crippen MR) is 128 cm³/mol. The number of esters is 1. The third-order valence-corrected chi connectivity index (χ3v) is 8.26. The molecule has 0 heterocycles. The Balaban J connectivity index is 2.31. The summed E-state index contributed by atoms with van der Waals surface area (Å²) in [4.78, 5) is 13.4. The van der Waals surface area contributed by atoms with Gasteiger partial charge in [-0.2, -0.15) is 21.6 Å². The van der Waals surface area contributed by atoms with Crippen molar-refractivity contribution < 1.29 is 35.3 Å². The van der Waals surface area contributed by atoms with Crippen LogP contribution in [0.5, 0.6) is 0 Å². The molecule has 1 aliphatic carbocycles. The maximum Gasteiger partial charge on any atom is 0.424 e. The van der Waals surface area contributed by atoms with E-state index in [9.17, 15) is 26.4 Å². The van der Waals surface area contributed by atoms with Gasteiger partial charge in [-0.3, -0.25) is 8.98 Å². The molecule has 3 atom stereocenters. The zero-order valence-corrected chi connectivity index (χ0v) is 21.9. The van der Waals surface area contributed by atoms with Crippen LogP contribution in [0.25, 0.3) is 11.1 Å². The first-order valence-corrected chi connectivity index (χ1v) is 13.1. The summed E-state index contributed by atoms with van der Waals surface area (Å²) in [6.07, 6.45) is -7.02. The van der Waals surface area contributed by atoms with E-state index in [0.29, 0.717) is 17.4 Å². The van der Waals surface area contributed by atoms with Crippen LogP contribution in [0, 0.1) is 18.3 Å². The van der Waals surface area contributed by atoms with Crippen LogP contribution < -0.4 is 0 Å². The second-order valence-electron chi connectivity index (χ2n) is 9.18. The smallest absolute Gasteiger partial charge is 0.424 e. The molecule has 0 amide bonds. The van der Waals surface area contributed by atoms with Crippen molar-refractivity contribution >= 4 is 39.3 Å². The summed E-state index contributed by atoms with van der Waals surface area (Å²) in [5.74, 6) is -2.26. The number of alkyl halides is 5. The van der Waals surface area contributed by atoms with Gasteiger partial charge in [-0.25, -0.2) is 0 Å². The normalized spacial score (nSPS) is 23.0. The molecule has 0 N–H and O–H groups in total. The van der Waals surface area contributed by atoms with Crippen molar-refractivity contribution in [3.8, 4) is 11.1 Å². The van der Waals surface area contributed by atoms with Gasteiger partial charge in [0.15, 0.2) is 0 Å². The van der Waals surface area contributed by atoms with Crippen molar-refractivity contribution in [2.75, 3.05) is 13.4 Å². The van der Waals surface area contributed by atoms with Gasteiger partial charge < -0.3 is 4.74 Å². The number of methoxy groups -OCH3 is 1. The number of halogens is 5. The lowest BCUT2D eigenvalue weighted by atomic mass is 9.82.